The first-order chi connectivity index (χ1) is 11.0. The maximum Gasteiger partial charge on any atom is 0.262 e. The predicted molar refractivity (Wildman–Crippen MR) is 90.9 cm³/mol. The molecule has 0 bridgehead atoms. The fourth-order valence-electron chi connectivity index (χ4n) is 2.31. The summed E-state index contributed by atoms with van der Waals surface area (Å²) < 4.78 is 15.6. The molecule has 3 aromatic rings. The van der Waals surface area contributed by atoms with Crippen molar-refractivity contribution in [1.29, 1.82) is 0 Å². The number of carbonyl (C=O) groups excluding carboxylic acids is 1. The van der Waals surface area contributed by atoms with Crippen LogP contribution in [0.3, 0.4) is 0 Å². The smallest absolute Gasteiger partial charge is 0.262 e. The van der Waals surface area contributed by atoms with Gasteiger partial charge in [0.2, 0.25) is 0 Å². The van der Waals surface area contributed by atoms with Crippen molar-refractivity contribution >= 4 is 33.0 Å². The van der Waals surface area contributed by atoms with E-state index in [1.165, 1.54) is 17.0 Å². The summed E-state index contributed by atoms with van der Waals surface area (Å²) in [5.41, 5.74) is 2.40. The van der Waals surface area contributed by atoms with Crippen molar-refractivity contribution in [2.75, 3.05) is 4.90 Å². The number of halogens is 2. The van der Waals surface area contributed by atoms with Crippen molar-refractivity contribution in [1.82, 2.24) is 9.61 Å². The van der Waals surface area contributed by atoms with Crippen LogP contribution >= 0.6 is 15.9 Å². The maximum atomic E-state index is 13.1. The van der Waals surface area contributed by atoms with Crippen LogP contribution in [0.2, 0.25) is 0 Å². The lowest BCUT2D eigenvalue weighted by Crippen LogP contribution is -2.28. The number of amides is 1. The van der Waals surface area contributed by atoms with Gasteiger partial charge in [-0.3, -0.25) is 9.69 Å². The minimum absolute atomic E-state index is 0.236. The van der Waals surface area contributed by atoms with Gasteiger partial charge in [0.1, 0.15) is 5.82 Å². The molecule has 2 aromatic heterocycles. The molecule has 0 saturated heterocycles. The molecular weight excluding hydrogens is 361 g/mol. The molecule has 3 rings (SSSR count). The molecule has 23 heavy (non-hydrogen) atoms. The summed E-state index contributed by atoms with van der Waals surface area (Å²) in [6.45, 7) is 5.59. The van der Waals surface area contributed by atoms with Gasteiger partial charge in [-0.05, 0) is 59.3 Å². The summed E-state index contributed by atoms with van der Waals surface area (Å²) in [5.74, 6) is -0.591. The second-order valence-corrected chi connectivity index (χ2v) is 5.94. The van der Waals surface area contributed by atoms with E-state index in [1.807, 2.05) is 0 Å². The Balaban J connectivity index is 2.04. The topological polar surface area (TPSA) is 37.6 Å². The zero-order valence-corrected chi connectivity index (χ0v) is 13.9. The molecule has 2 heterocycles. The summed E-state index contributed by atoms with van der Waals surface area (Å²) in [4.78, 5) is 14.3. The summed E-state index contributed by atoms with van der Waals surface area (Å²) in [7, 11) is 0. The molecule has 4 nitrogen and oxygen atoms in total. The molecule has 1 aromatic carbocycles. The number of rotatable bonds is 3. The van der Waals surface area contributed by atoms with Crippen molar-refractivity contribution in [2.45, 2.75) is 6.92 Å². The molecule has 0 aliphatic heterocycles. The molecule has 0 atom stereocenters. The molecular formula is C17H13BrFN3O. The molecule has 116 valence electrons. The third-order valence-electron chi connectivity index (χ3n) is 3.39. The third-order valence-corrected chi connectivity index (χ3v) is 4.00. The second-order valence-electron chi connectivity index (χ2n) is 5.09. The van der Waals surface area contributed by atoms with Gasteiger partial charge in [-0.15, -0.1) is 0 Å². The number of benzene rings is 1. The highest BCUT2D eigenvalue weighted by molar-refractivity contribution is 9.10. The van der Waals surface area contributed by atoms with Crippen LogP contribution in [0.5, 0.6) is 0 Å². The highest BCUT2D eigenvalue weighted by atomic mass is 79.9. The Morgan fingerprint density at radius 1 is 1.30 bits per heavy atom. The van der Waals surface area contributed by atoms with E-state index in [0.717, 1.165) is 9.99 Å². The lowest BCUT2D eigenvalue weighted by atomic mass is 10.2. The zero-order chi connectivity index (χ0) is 16.6. The molecule has 0 N–H and O–H groups in total. The van der Waals surface area contributed by atoms with Gasteiger partial charge in [0, 0.05) is 23.1 Å². The van der Waals surface area contributed by atoms with Crippen molar-refractivity contribution < 1.29 is 9.18 Å². The fourth-order valence-corrected chi connectivity index (χ4v) is 2.70. The van der Waals surface area contributed by atoms with E-state index in [2.05, 4.69) is 27.6 Å². The van der Waals surface area contributed by atoms with E-state index in [-0.39, 0.29) is 11.7 Å². The van der Waals surface area contributed by atoms with Crippen LogP contribution in [-0.2, 0) is 0 Å². The number of nitrogens with zero attached hydrogens (tertiary/aromatic N) is 3. The van der Waals surface area contributed by atoms with E-state index in [1.54, 1.807) is 48.1 Å². The Labute approximate surface area is 141 Å². The normalized spacial score (nSPS) is 10.7. The van der Waals surface area contributed by atoms with Crippen molar-refractivity contribution in [3.63, 3.8) is 0 Å². The molecule has 0 spiro atoms. The third kappa shape index (κ3) is 2.90. The summed E-state index contributed by atoms with van der Waals surface area (Å²) in [6, 6.07) is 9.17. The number of allylic oxidation sites excluding steroid dienone is 1. The zero-order valence-electron chi connectivity index (χ0n) is 12.3. The van der Waals surface area contributed by atoms with Crippen LogP contribution in [0.25, 0.3) is 5.52 Å². The second kappa shape index (κ2) is 5.96. The lowest BCUT2D eigenvalue weighted by molar-refractivity contribution is 0.0995. The van der Waals surface area contributed by atoms with E-state index < -0.39 is 0 Å². The first-order valence-corrected chi connectivity index (χ1v) is 7.65. The first kappa shape index (κ1) is 15.4. The molecule has 0 aliphatic rings. The van der Waals surface area contributed by atoms with E-state index in [0.29, 0.717) is 16.9 Å². The Hall–Kier alpha value is -2.47. The highest BCUT2D eigenvalue weighted by Crippen LogP contribution is 2.24. The fraction of sp³-hybridized carbons (Fsp3) is 0.0588. The number of pyridine rings is 1. The Kier molecular flexibility index (Phi) is 4.00. The number of fused-ring (bicyclic) bond motifs is 1. The molecule has 0 fully saturated rings. The van der Waals surface area contributed by atoms with Gasteiger partial charge in [0.05, 0.1) is 16.2 Å². The number of hydrogen-bond acceptors (Lipinski definition) is 2. The van der Waals surface area contributed by atoms with Gasteiger partial charge in [-0.2, -0.15) is 5.10 Å². The van der Waals surface area contributed by atoms with Crippen molar-refractivity contribution in [2.24, 2.45) is 0 Å². The van der Waals surface area contributed by atoms with Crippen LogP contribution in [0.15, 0.2) is 65.5 Å². The number of anilines is 1. The van der Waals surface area contributed by atoms with Crippen LogP contribution in [0, 0.1) is 5.82 Å². The molecule has 0 radical (unpaired) electrons. The van der Waals surface area contributed by atoms with Gasteiger partial charge >= 0.3 is 0 Å². The first-order valence-electron chi connectivity index (χ1n) is 6.86. The van der Waals surface area contributed by atoms with Crippen LogP contribution in [0.1, 0.15) is 17.3 Å². The minimum atomic E-state index is -0.354. The Morgan fingerprint density at radius 3 is 2.65 bits per heavy atom. The minimum Gasteiger partial charge on any atom is -0.282 e. The van der Waals surface area contributed by atoms with Gasteiger partial charge in [0.25, 0.3) is 5.91 Å². The number of hydrogen-bond donors (Lipinski definition) is 0. The molecule has 1 amide bonds. The SMILES string of the molecule is C=C(C)N(C(=O)c1ccn2ncc(Br)c2c1)c1ccc(F)cc1. The highest BCUT2D eigenvalue weighted by Gasteiger charge is 2.19. The Morgan fingerprint density at radius 2 is 2.00 bits per heavy atom. The van der Waals surface area contributed by atoms with Gasteiger partial charge < -0.3 is 0 Å². The molecule has 0 aliphatic carbocycles. The number of carbonyl (C=O) groups is 1. The van der Waals surface area contributed by atoms with Crippen LogP contribution < -0.4 is 4.90 Å². The van der Waals surface area contributed by atoms with Crippen LogP contribution in [-0.4, -0.2) is 15.5 Å². The lowest BCUT2D eigenvalue weighted by Gasteiger charge is -2.23. The van der Waals surface area contributed by atoms with Crippen molar-refractivity contribution in [3.8, 4) is 0 Å². The van der Waals surface area contributed by atoms with Gasteiger partial charge in [-0.1, -0.05) is 6.58 Å². The Bertz CT molecular complexity index is 902. The van der Waals surface area contributed by atoms with Gasteiger partial charge in [-0.25, -0.2) is 8.91 Å². The van der Waals surface area contributed by atoms with E-state index in [9.17, 15) is 9.18 Å². The molecule has 6 heteroatoms. The largest absolute Gasteiger partial charge is 0.282 e. The van der Waals surface area contributed by atoms with Gasteiger partial charge in [0.15, 0.2) is 0 Å². The summed E-state index contributed by atoms with van der Waals surface area (Å²) in [5, 5.41) is 4.15. The number of aromatic nitrogens is 2. The summed E-state index contributed by atoms with van der Waals surface area (Å²) >= 11 is 3.40. The quantitative estimate of drug-likeness (QED) is 0.681. The van der Waals surface area contributed by atoms with E-state index >= 15 is 0 Å². The monoisotopic (exact) mass is 373 g/mol. The van der Waals surface area contributed by atoms with E-state index in [4.69, 9.17) is 0 Å². The standard InChI is InChI=1S/C17H13BrFN3O/c1-11(2)22(14-5-3-13(19)4-6-14)17(23)12-7-8-21-16(9-12)15(18)10-20-21/h3-10H,1H2,2H3. The average Bonchev–Trinajstić information content (AvgIpc) is 2.90. The average molecular weight is 374 g/mol. The molecule has 0 saturated carbocycles. The van der Waals surface area contributed by atoms with Crippen molar-refractivity contribution in [3.05, 3.63) is 76.9 Å². The summed E-state index contributed by atoms with van der Waals surface area (Å²) in [6.07, 6.45) is 3.38. The van der Waals surface area contributed by atoms with Crippen LogP contribution in [0.4, 0.5) is 10.1 Å². The predicted octanol–water partition coefficient (Wildman–Crippen LogP) is 4.42. The molecule has 0 unspecified atom stereocenters. The maximum absolute atomic E-state index is 13.1.